The van der Waals surface area contributed by atoms with Crippen LogP contribution in [0.2, 0.25) is 5.02 Å². The average Bonchev–Trinajstić information content (AvgIpc) is 3.14. The number of amides is 1. The van der Waals surface area contributed by atoms with E-state index in [0.717, 1.165) is 28.7 Å². The fourth-order valence-corrected chi connectivity index (χ4v) is 5.87. The number of hydrogen-bond donors (Lipinski definition) is 0. The van der Waals surface area contributed by atoms with Crippen LogP contribution in [-0.2, 0) is 9.84 Å². The second-order valence-electron chi connectivity index (χ2n) is 8.30. The van der Waals surface area contributed by atoms with Gasteiger partial charge < -0.3 is 4.90 Å². The molecular formula is C23H29Cl2N3O3S2. The Morgan fingerprint density at radius 2 is 1.85 bits per heavy atom. The minimum Gasteiger partial charge on any atom is -0.309 e. The molecule has 0 radical (unpaired) electrons. The Bertz CT molecular complexity index is 1240. The van der Waals surface area contributed by atoms with Crippen LogP contribution < -0.4 is 4.90 Å². The Morgan fingerprint density at radius 3 is 2.48 bits per heavy atom. The molecule has 0 aliphatic heterocycles. The van der Waals surface area contributed by atoms with Crippen molar-refractivity contribution in [2.45, 2.75) is 37.3 Å². The van der Waals surface area contributed by atoms with Gasteiger partial charge in [-0.1, -0.05) is 29.0 Å². The Hall–Kier alpha value is -1.71. The minimum absolute atomic E-state index is 0. The molecule has 10 heteroatoms. The summed E-state index contributed by atoms with van der Waals surface area (Å²) in [5.74, 6) is -0.271. The number of nitrogens with zero attached hydrogens (tertiary/aromatic N) is 3. The van der Waals surface area contributed by atoms with Crippen LogP contribution in [0.3, 0.4) is 0 Å². The van der Waals surface area contributed by atoms with Crippen molar-refractivity contribution in [3.63, 3.8) is 0 Å². The fourth-order valence-electron chi connectivity index (χ4n) is 3.32. The number of thiazole rings is 1. The van der Waals surface area contributed by atoms with E-state index in [1.165, 1.54) is 23.5 Å². The first-order chi connectivity index (χ1) is 15.0. The SMILES string of the molecule is Cc1cc(Cl)cc2sc(N(CCCN(C)C)C(=O)c3cccc(S(=O)(=O)C(C)C)c3)nc12.Cl. The maximum absolute atomic E-state index is 13.6. The molecule has 0 spiro atoms. The fraction of sp³-hybridized carbons (Fsp3) is 0.391. The van der Waals surface area contributed by atoms with Gasteiger partial charge in [-0.2, -0.15) is 0 Å². The van der Waals surface area contributed by atoms with E-state index < -0.39 is 15.1 Å². The van der Waals surface area contributed by atoms with Crippen molar-refractivity contribution in [1.82, 2.24) is 9.88 Å². The van der Waals surface area contributed by atoms with Crippen LogP contribution in [0.5, 0.6) is 0 Å². The van der Waals surface area contributed by atoms with Gasteiger partial charge in [0.15, 0.2) is 15.0 Å². The van der Waals surface area contributed by atoms with Crippen LogP contribution >= 0.6 is 35.3 Å². The number of carbonyl (C=O) groups excluding carboxylic acids is 1. The molecule has 3 aromatic rings. The van der Waals surface area contributed by atoms with E-state index >= 15 is 0 Å². The highest BCUT2D eigenvalue weighted by Crippen LogP contribution is 2.34. The number of fused-ring (bicyclic) bond motifs is 1. The first-order valence-electron chi connectivity index (χ1n) is 10.4. The van der Waals surface area contributed by atoms with Crippen molar-refractivity contribution in [1.29, 1.82) is 0 Å². The first kappa shape index (κ1) is 27.5. The number of hydrogen-bond acceptors (Lipinski definition) is 6. The van der Waals surface area contributed by atoms with Crippen LogP contribution in [0.4, 0.5) is 5.13 Å². The van der Waals surface area contributed by atoms with Gasteiger partial charge in [0.25, 0.3) is 5.91 Å². The predicted octanol–water partition coefficient (Wildman–Crippen LogP) is 5.46. The van der Waals surface area contributed by atoms with Gasteiger partial charge in [0.1, 0.15) is 0 Å². The normalized spacial score (nSPS) is 11.8. The van der Waals surface area contributed by atoms with Crippen LogP contribution in [0.1, 0.15) is 36.2 Å². The molecule has 33 heavy (non-hydrogen) atoms. The topological polar surface area (TPSA) is 70.6 Å². The molecular weight excluding hydrogens is 501 g/mol. The molecule has 0 N–H and O–H groups in total. The van der Waals surface area contributed by atoms with E-state index in [1.54, 1.807) is 30.9 Å². The van der Waals surface area contributed by atoms with Crippen LogP contribution in [0, 0.1) is 6.92 Å². The predicted molar refractivity (Wildman–Crippen MR) is 140 cm³/mol. The summed E-state index contributed by atoms with van der Waals surface area (Å²) >= 11 is 7.62. The molecule has 180 valence electrons. The van der Waals surface area contributed by atoms with Crippen LogP contribution in [-0.4, -0.2) is 56.6 Å². The third-order valence-electron chi connectivity index (χ3n) is 5.13. The number of sulfone groups is 1. The van der Waals surface area contributed by atoms with Gasteiger partial charge in [0.2, 0.25) is 0 Å². The van der Waals surface area contributed by atoms with Crippen LogP contribution in [0.25, 0.3) is 10.2 Å². The number of benzene rings is 2. The highest BCUT2D eigenvalue weighted by molar-refractivity contribution is 7.92. The molecule has 0 saturated heterocycles. The number of rotatable bonds is 8. The summed E-state index contributed by atoms with van der Waals surface area (Å²) in [5, 5.41) is 0.634. The molecule has 6 nitrogen and oxygen atoms in total. The van der Waals surface area contributed by atoms with Gasteiger partial charge in [-0.25, -0.2) is 13.4 Å². The molecule has 1 heterocycles. The summed E-state index contributed by atoms with van der Waals surface area (Å²) < 4.78 is 26.2. The van der Waals surface area contributed by atoms with E-state index in [2.05, 4.69) is 4.90 Å². The molecule has 0 saturated carbocycles. The third kappa shape index (κ3) is 6.25. The molecule has 0 unspecified atom stereocenters. The summed E-state index contributed by atoms with van der Waals surface area (Å²) in [6.07, 6.45) is 0.748. The largest absolute Gasteiger partial charge is 0.309 e. The van der Waals surface area contributed by atoms with Gasteiger partial charge in [-0.3, -0.25) is 9.69 Å². The third-order valence-corrected chi connectivity index (χ3v) is 8.53. The van der Waals surface area contributed by atoms with Gasteiger partial charge in [-0.15, -0.1) is 12.4 Å². The van der Waals surface area contributed by atoms with Crippen LogP contribution in [0.15, 0.2) is 41.3 Å². The number of anilines is 1. The van der Waals surface area contributed by atoms with Crippen molar-refractivity contribution in [3.8, 4) is 0 Å². The molecule has 1 amide bonds. The monoisotopic (exact) mass is 529 g/mol. The van der Waals surface area contributed by atoms with E-state index in [0.29, 0.717) is 22.3 Å². The van der Waals surface area contributed by atoms with Crippen molar-refractivity contribution in [2.75, 3.05) is 32.1 Å². The molecule has 3 rings (SSSR count). The van der Waals surface area contributed by atoms with Crippen molar-refractivity contribution >= 4 is 66.4 Å². The number of carbonyl (C=O) groups is 1. The molecule has 0 bridgehead atoms. The summed E-state index contributed by atoms with van der Waals surface area (Å²) in [6.45, 7) is 6.47. The second kappa shape index (κ2) is 11.1. The molecule has 0 fully saturated rings. The van der Waals surface area contributed by atoms with Gasteiger partial charge in [0.05, 0.1) is 20.4 Å². The molecule has 0 atom stereocenters. The summed E-state index contributed by atoms with van der Waals surface area (Å²) in [5.41, 5.74) is 2.09. The van der Waals surface area contributed by atoms with Crippen molar-refractivity contribution in [2.24, 2.45) is 0 Å². The van der Waals surface area contributed by atoms with Gasteiger partial charge >= 0.3 is 0 Å². The van der Waals surface area contributed by atoms with E-state index in [4.69, 9.17) is 16.6 Å². The maximum atomic E-state index is 13.6. The number of aromatic nitrogens is 1. The van der Waals surface area contributed by atoms with Crippen molar-refractivity contribution < 1.29 is 13.2 Å². The smallest absolute Gasteiger partial charge is 0.260 e. The van der Waals surface area contributed by atoms with Crippen molar-refractivity contribution in [3.05, 3.63) is 52.5 Å². The minimum atomic E-state index is -3.49. The number of halogens is 2. The molecule has 2 aromatic carbocycles. The van der Waals surface area contributed by atoms with Gasteiger partial charge in [0, 0.05) is 17.1 Å². The quantitative estimate of drug-likeness (QED) is 0.387. The lowest BCUT2D eigenvalue weighted by Gasteiger charge is -2.21. The Kier molecular flexibility index (Phi) is 9.30. The highest BCUT2D eigenvalue weighted by Gasteiger charge is 2.25. The zero-order chi connectivity index (χ0) is 23.6. The lowest BCUT2D eigenvalue weighted by Crippen LogP contribution is -2.33. The first-order valence-corrected chi connectivity index (χ1v) is 13.1. The Balaban J connectivity index is 0.00000385. The summed E-state index contributed by atoms with van der Waals surface area (Å²) in [7, 11) is 0.476. The lowest BCUT2D eigenvalue weighted by atomic mass is 10.2. The zero-order valence-corrected chi connectivity index (χ0v) is 22.5. The molecule has 1 aromatic heterocycles. The molecule has 0 aliphatic rings. The maximum Gasteiger partial charge on any atom is 0.260 e. The van der Waals surface area contributed by atoms with E-state index in [9.17, 15) is 13.2 Å². The highest BCUT2D eigenvalue weighted by atomic mass is 35.5. The van der Waals surface area contributed by atoms with Gasteiger partial charge in [-0.05, 0) is 83.7 Å². The standard InChI is InChI=1S/C23H28ClN3O3S2.ClH/c1-15(2)32(29,30)19-9-6-8-17(13-19)22(28)27(11-7-10-26(4)5)23-25-21-16(3)12-18(24)14-20(21)31-23;/h6,8-9,12-15H,7,10-11H2,1-5H3;1H. The lowest BCUT2D eigenvalue weighted by molar-refractivity contribution is 0.0986. The zero-order valence-electron chi connectivity index (χ0n) is 19.3. The second-order valence-corrected chi connectivity index (χ2v) is 12.3. The summed E-state index contributed by atoms with van der Waals surface area (Å²) in [6, 6.07) is 9.96. The van der Waals surface area contributed by atoms with E-state index in [1.807, 2.05) is 33.2 Å². The van der Waals surface area contributed by atoms with E-state index in [-0.39, 0.29) is 23.2 Å². The molecule has 0 aliphatic carbocycles. The average molecular weight is 531 g/mol. The Labute approximate surface area is 210 Å². The Morgan fingerprint density at radius 1 is 1.15 bits per heavy atom. The summed E-state index contributed by atoms with van der Waals surface area (Å²) in [4.78, 5) is 22.1. The number of aryl methyl sites for hydroxylation is 1.